The number of methoxy groups -OCH3 is 1. The van der Waals surface area contributed by atoms with Crippen molar-refractivity contribution in [2.75, 3.05) is 7.11 Å². The van der Waals surface area contributed by atoms with Crippen LogP contribution >= 0.6 is 22.9 Å². The lowest BCUT2D eigenvalue weighted by molar-refractivity contribution is 0.174. The molecule has 0 bridgehead atoms. The second-order valence-electron chi connectivity index (χ2n) is 3.99. The summed E-state index contributed by atoms with van der Waals surface area (Å²) in [6, 6.07) is 5.23. The van der Waals surface area contributed by atoms with E-state index in [0.29, 0.717) is 22.8 Å². The summed E-state index contributed by atoms with van der Waals surface area (Å²) in [6.45, 7) is 1.94. The molecule has 0 saturated carbocycles. The van der Waals surface area contributed by atoms with E-state index in [-0.39, 0.29) is 0 Å². The zero-order valence-electron chi connectivity index (χ0n) is 10.2. The Balaban J connectivity index is 2.22. The molecule has 5 heteroatoms. The predicted octanol–water partition coefficient (Wildman–Crippen LogP) is 3.39. The Kier molecular flexibility index (Phi) is 4.22. The molecule has 0 radical (unpaired) electrons. The molecular weight excluding hydrogens is 270 g/mol. The summed E-state index contributed by atoms with van der Waals surface area (Å²) in [5.74, 6) is 0.639. The van der Waals surface area contributed by atoms with Crippen LogP contribution < -0.4 is 4.74 Å². The normalized spacial score (nSPS) is 12.4. The van der Waals surface area contributed by atoms with Crippen LogP contribution in [-0.4, -0.2) is 17.2 Å². The molecule has 1 heterocycles. The molecule has 1 aromatic heterocycles. The number of hydrogen-bond acceptors (Lipinski definition) is 4. The van der Waals surface area contributed by atoms with Crippen molar-refractivity contribution in [3.8, 4) is 5.75 Å². The van der Waals surface area contributed by atoms with Crippen molar-refractivity contribution >= 4 is 22.9 Å². The third kappa shape index (κ3) is 3.02. The number of halogens is 1. The largest absolute Gasteiger partial charge is 0.496 e. The Morgan fingerprint density at radius 2 is 2.28 bits per heavy atom. The van der Waals surface area contributed by atoms with Crippen LogP contribution in [0.3, 0.4) is 0 Å². The van der Waals surface area contributed by atoms with Gasteiger partial charge in [-0.25, -0.2) is 4.98 Å². The monoisotopic (exact) mass is 283 g/mol. The number of nitrogens with zero attached hydrogens (tertiary/aromatic N) is 1. The Bertz CT molecular complexity index is 542. The van der Waals surface area contributed by atoms with Gasteiger partial charge in [0, 0.05) is 28.1 Å². The van der Waals surface area contributed by atoms with Crippen molar-refractivity contribution in [3.63, 3.8) is 0 Å². The number of hydrogen-bond donors (Lipinski definition) is 1. The van der Waals surface area contributed by atoms with Gasteiger partial charge in [-0.2, -0.15) is 0 Å². The van der Waals surface area contributed by atoms with Crippen molar-refractivity contribution < 1.29 is 9.84 Å². The van der Waals surface area contributed by atoms with Gasteiger partial charge in [0.1, 0.15) is 5.75 Å². The minimum Gasteiger partial charge on any atom is -0.496 e. The van der Waals surface area contributed by atoms with Gasteiger partial charge < -0.3 is 9.84 Å². The fourth-order valence-electron chi connectivity index (χ4n) is 1.74. The molecule has 96 valence electrons. The van der Waals surface area contributed by atoms with E-state index in [1.165, 1.54) is 0 Å². The van der Waals surface area contributed by atoms with Gasteiger partial charge in [-0.3, -0.25) is 0 Å². The van der Waals surface area contributed by atoms with Crippen LogP contribution in [0.15, 0.2) is 23.6 Å². The van der Waals surface area contributed by atoms with Crippen LogP contribution in [0.2, 0.25) is 5.02 Å². The van der Waals surface area contributed by atoms with Crippen LogP contribution in [0.25, 0.3) is 0 Å². The maximum absolute atomic E-state index is 10.2. The Morgan fingerprint density at radius 1 is 1.50 bits per heavy atom. The fraction of sp³-hybridized carbons (Fsp3) is 0.308. The first-order valence-electron chi connectivity index (χ1n) is 5.52. The summed E-state index contributed by atoms with van der Waals surface area (Å²) in [4.78, 5) is 4.34. The summed E-state index contributed by atoms with van der Waals surface area (Å²) in [5, 5.41) is 13.7. The van der Waals surface area contributed by atoms with Crippen molar-refractivity contribution in [2.24, 2.45) is 0 Å². The number of aliphatic hydroxyl groups is 1. The van der Waals surface area contributed by atoms with E-state index in [2.05, 4.69) is 4.98 Å². The molecule has 1 aromatic carbocycles. The topological polar surface area (TPSA) is 42.4 Å². The molecule has 1 N–H and O–H groups in total. The number of ether oxygens (including phenoxy) is 1. The van der Waals surface area contributed by atoms with E-state index in [1.54, 1.807) is 36.6 Å². The number of aliphatic hydroxyl groups excluding tert-OH is 1. The number of aromatic nitrogens is 1. The summed E-state index contributed by atoms with van der Waals surface area (Å²) < 4.78 is 5.23. The second-order valence-corrected chi connectivity index (χ2v) is 5.37. The maximum Gasteiger partial charge on any atom is 0.124 e. The minimum absolute atomic E-state index is 0.467. The smallest absolute Gasteiger partial charge is 0.124 e. The molecule has 0 amide bonds. The first-order chi connectivity index (χ1) is 8.60. The summed E-state index contributed by atoms with van der Waals surface area (Å²) >= 11 is 7.49. The molecule has 2 aromatic rings. The average molecular weight is 284 g/mol. The second kappa shape index (κ2) is 5.69. The van der Waals surface area contributed by atoms with Crippen LogP contribution in [0.4, 0.5) is 0 Å². The van der Waals surface area contributed by atoms with E-state index in [1.807, 2.05) is 12.3 Å². The first kappa shape index (κ1) is 13.3. The Labute approximate surface area is 115 Å². The predicted molar refractivity (Wildman–Crippen MR) is 73.5 cm³/mol. The molecular formula is C13H14ClNO2S. The number of aryl methyl sites for hydroxylation is 1. The third-order valence-electron chi connectivity index (χ3n) is 2.59. The maximum atomic E-state index is 10.2. The van der Waals surface area contributed by atoms with E-state index in [4.69, 9.17) is 16.3 Å². The minimum atomic E-state index is -0.663. The van der Waals surface area contributed by atoms with E-state index < -0.39 is 6.10 Å². The molecule has 0 aliphatic heterocycles. The SMILES string of the molecule is COc1ccc(Cl)cc1C(O)Cc1nc(C)cs1. The van der Waals surface area contributed by atoms with Crippen molar-refractivity contribution in [1.29, 1.82) is 0 Å². The van der Waals surface area contributed by atoms with E-state index in [0.717, 1.165) is 10.7 Å². The summed E-state index contributed by atoms with van der Waals surface area (Å²) in [5.41, 5.74) is 1.66. The van der Waals surface area contributed by atoms with Gasteiger partial charge in [0.05, 0.1) is 18.2 Å². The molecule has 1 unspecified atom stereocenters. The van der Waals surface area contributed by atoms with E-state index in [9.17, 15) is 5.11 Å². The zero-order chi connectivity index (χ0) is 13.1. The molecule has 2 rings (SSSR count). The van der Waals surface area contributed by atoms with Gasteiger partial charge in [-0.15, -0.1) is 11.3 Å². The lowest BCUT2D eigenvalue weighted by atomic mass is 10.1. The summed E-state index contributed by atoms with van der Waals surface area (Å²) in [7, 11) is 1.58. The number of benzene rings is 1. The highest BCUT2D eigenvalue weighted by atomic mass is 35.5. The van der Waals surface area contributed by atoms with Gasteiger partial charge in [0.15, 0.2) is 0 Å². The van der Waals surface area contributed by atoms with Crippen LogP contribution in [-0.2, 0) is 6.42 Å². The number of rotatable bonds is 4. The van der Waals surface area contributed by atoms with Crippen LogP contribution in [0.1, 0.15) is 22.4 Å². The molecule has 3 nitrogen and oxygen atoms in total. The zero-order valence-corrected chi connectivity index (χ0v) is 11.8. The van der Waals surface area contributed by atoms with Gasteiger partial charge in [-0.05, 0) is 25.1 Å². The lowest BCUT2D eigenvalue weighted by Gasteiger charge is -2.14. The first-order valence-corrected chi connectivity index (χ1v) is 6.78. The molecule has 0 aliphatic rings. The van der Waals surface area contributed by atoms with Crippen LogP contribution in [0.5, 0.6) is 5.75 Å². The molecule has 0 fully saturated rings. The van der Waals surface area contributed by atoms with Gasteiger partial charge in [0.25, 0.3) is 0 Å². The number of thiazole rings is 1. The third-order valence-corrected chi connectivity index (χ3v) is 3.81. The lowest BCUT2D eigenvalue weighted by Crippen LogP contribution is -2.04. The molecule has 18 heavy (non-hydrogen) atoms. The quantitative estimate of drug-likeness (QED) is 0.935. The highest BCUT2D eigenvalue weighted by Crippen LogP contribution is 2.30. The van der Waals surface area contributed by atoms with Gasteiger partial charge >= 0.3 is 0 Å². The van der Waals surface area contributed by atoms with E-state index >= 15 is 0 Å². The average Bonchev–Trinajstić information content (AvgIpc) is 2.74. The van der Waals surface area contributed by atoms with Crippen molar-refractivity contribution in [2.45, 2.75) is 19.4 Å². The summed E-state index contributed by atoms with van der Waals surface area (Å²) in [6.07, 6.45) is -0.195. The van der Waals surface area contributed by atoms with Crippen LogP contribution in [0, 0.1) is 6.92 Å². The molecule has 0 saturated heterocycles. The van der Waals surface area contributed by atoms with Gasteiger partial charge in [0.2, 0.25) is 0 Å². The molecule has 0 spiro atoms. The fourth-order valence-corrected chi connectivity index (χ4v) is 2.73. The van der Waals surface area contributed by atoms with Crippen molar-refractivity contribution in [3.05, 3.63) is 44.9 Å². The van der Waals surface area contributed by atoms with Gasteiger partial charge in [-0.1, -0.05) is 11.6 Å². The van der Waals surface area contributed by atoms with Crippen molar-refractivity contribution in [1.82, 2.24) is 4.98 Å². The Hall–Kier alpha value is -1.10. The Morgan fingerprint density at radius 3 is 2.89 bits per heavy atom. The highest BCUT2D eigenvalue weighted by molar-refractivity contribution is 7.09. The molecule has 0 aliphatic carbocycles. The molecule has 1 atom stereocenters. The standard InChI is InChI=1S/C13H14ClNO2S/c1-8-7-18-13(15-8)6-11(16)10-5-9(14)3-4-12(10)17-2/h3-5,7,11,16H,6H2,1-2H3. The highest BCUT2D eigenvalue weighted by Gasteiger charge is 2.16.